The number of carbonyl (C=O) groups excluding carboxylic acids is 1. The number of hydrogen-bond acceptors (Lipinski definition) is 6. The van der Waals surface area contributed by atoms with Gasteiger partial charge in [-0.25, -0.2) is 4.98 Å². The van der Waals surface area contributed by atoms with E-state index in [-0.39, 0.29) is 12.5 Å². The van der Waals surface area contributed by atoms with Crippen molar-refractivity contribution in [2.24, 2.45) is 0 Å². The summed E-state index contributed by atoms with van der Waals surface area (Å²) in [6.07, 6.45) is 3.66. The second-order valence-corrected chi connectivity index (χ2v) is 7.48. The number of aromatic nitrogens is 2. The van der Waals surface area contributed by atoms with Crippen LogP contribution in [0.3, 0.4) is 0 Å². The Morgan fingerprint density at radius 1 is 1.07 bits per heavy atom. The molecule has 1 aliphatic heterocycles. The van der Waals surface area contributed by atoms with Crippen LogP contribution in [0.2, 0.25) is 0 Å². The van der Waals surface area contributed by atoms with Crippen molar-refractivity contribution in [2.45, 2.75) is 19.9 Å². The Labute approximate surface area is 166 Å². The Morgan fingerprint density at radius 3 is 2.29 bits per heavy atom. The van der Waals surface area contributed by atoms with Crippen LogP contribution in [0.5, 0.6) is 5.75 Å². The van der Waals surface area contributed by atoms with Crippen LogP contribution >= 0.6 is 0 Å². The molecule has 28 heavy (non-hydrogen) atoms. The summed E-state index contributed by atoms with van der Waals surface area (Å²) < 4.78 is 5.51. The summed E-state index contributed by atoms with van der Waals surface area (Å²) in [5.74, 6) is 1.51. The van der Waals surface area contributed by atoms with E-state index in [2.05, 4.69) is 33.6 Å². The van der Waals surface area contributed by atoms with Crippen LogP contribution in [0, 0.1) is 0 Å². The van der Waals surface area contributed by atoms with Crippen molar-refractivity contribution in [1.82, 2.24) is 19.8 Å². The minimum absolute atomic E-state index is 0.0327. The maximum Gasteiger partial charge on any atom is 0.259 e. The predicted octanol–water partition coefficient (Wildman–Crippen LogP) is 2.14. The van der Waals surface area contributed by atoms with Crippen molar-refractivity contribution < 1.29 is 9.53 Å². The fraction of sp³-hybridized carbons (Fsp3) is 0.476. The minimum atomic E-state index is -0.0697. The number of amides is 1. The normalized spacial score (nSPS) is 15.0. The van der Waals surface area contributed by atoms with Crippen molar-refractivity contribution in [2.75, 3.05) is 51.8 Å². The van der Waals surface area contributed by atoms with E-state index < -0.39 is 0 Å². The van der Waals surface area contributed by atoms with E-state index in [9.17, 15) is 4.79 Å². The standard InChI is InChI=1S/C21H29N5O2/c1-16(2)25-9-11-26(12-10-25)20-14-22-19(13-23-20)17-5-7-18(8-6-17)28-15-21(27)24(3)4/h5-8,13-14,16H,9-12,15H2,1-4H3. The van der Waals surface area contributed by atoms with Crippen molar-refractivity contribution >= 4 is 11.7 Å². The van der Waals surface area contributed by atoms with Crippen LogP contribution in [0.15, 0.2) is 36.7 Å². The lowest BCUT2D eigenvalue weighted by Crippen LogP contribution is -2.49. The number of anilines is 1. The number of nitrogens with zero attached hydrogens (tertiary/aromatic N) is 5. The van der Waals surface area contributed by atoms with Gasteiger partial charge in [-0.15, -0.1) is 0 Å². The predicted molar refractivity (Wildman–Crippen MR) is 111 cm³/mol. The number of piperazine rings is 1. The lowest BCUT2D eigenvalue weighted by Gasteiger charge is -2.37. The van der Waals surface area contributed by atoms with Crippen LogP contribution < -0.4 is 9.64 Å². The van der Waals surface area contributed by atoms with Gasteiger partial charge in [-0.2, -0.15) is 0 Å². The summed E-state index contributed by atoms with van der Waals surface area (Å²) in [5, 5.41) is 0. The largest absolute Gasteiger partial charge is 0.484 e. The van der Waals surface area contributed by atoms with Crippen molar-refractivity contribution in [1.29, 1.82) is 0 Å². The first-order valence-electron chi connectivity index (χ1n) is 9.68. The Hall–Kier alpha value is -2.67. The van der Waals surface area contributed by atoms with Gasteiger partial charge in [0.1, 0.15) is 11.6 Å². The van der Waals surface area contributed by atoms with E-state index in [4.69, 9.17) is 4.74 Å². The summed E-state index contributed by atoms with van der Waals surface area (Å²) >= 11 is 0. The van der Waals surface area contributed by atoms with Gasteiger partial charge in [-0.1, -0.05) is 0 Å². The molecule has 7 nitrogen and oxygen atoms in total. The summed E-state index contributed by atoms with van der Waals surface area (Å²) in [6, 6.07) is 8.14. The number of ether oxygens (including phenoxy) is 1. The van der Waals surface area contributed by atoms with Gasteiger partial charge in [-0.3, -0.25) is 14.7 Å². The zero-order chi connectivity index (χ0) is 20.1. The van der Waals surface area contributed by atoms with Crippen molar-refractivity contribution in [3.63, 3.8) is 0 Å². The highest BCUT2D eigenvalue weighted by atomic mass is 16.5. The van der Waals surface area contributed by atoms with Crippen LogP contribution in [-0.4, -0.2) is 78.6 Å². The monoisotopic (exact) mass is 383 g/mol. The molecule has 1 aromatic carbocycles. The summed E-state index contributed by atoms with van der Waals surface area (Å²) in [4.78, 5) is 27.1. The first-order valence-corrected chi connectivity index (χ1v) is 9.68. The van der Waals surface area contributed by atoms with Crippen LogP contribution in [0.1, 0.15) is 13.8 Å². The fourth-order valence-corrected chi connectivity index (χ4v) is 3.10. The van der Waals surface area contributed by atoms with Gasteiger partial charge in [0.25, 0.3) is 5.91 Å². The molecule has 2 heterocycles. The Balaban J connectivity index is 1.58. The highest BCUT2D eigenvalue weighted by Crippen LogP contribution is 2.22. The van der Waals surface area contributed by atoms with Gasteiger partial charge in [0, 0.05) is 51.9 Å². The third kappa shape index (κ3) is 4.98. The molecule has 0 bridgehead atoms. The van der Waals surface area contributed by atoms with Gasteiger partial charge < -0.3 is 14.5 Å². The molecular formula is C21H29N5O2. The second-order valence-electron chi connectivity index (χ2n) is 7.48. The van der Waals surface area contributed by atoms with Crippen molar-refractivity contribution in [3.05, 3.63) is 36.7 Å². The molecule has 0 unspecified atom stereocenters. The molecular weight excluding hydrogens is 354 g/mol. The number of carbonyl (C=O) groups is 1. The first kappa shape index (κ1) is 20.1. The van der Waals surface area contributed by atoms with Gasteiger partial charge in [0.15, 0.2) is 6.61 Å². The van der Waals surface area contributed by atoms with E-state index in [0.717, 1.165) is 43.3 Å². The van der Waals surface area contributed by atoms with Crippen molar-refractivity contribution in [3.8, 4) is 17.0 Å². The second kappa shape index (κ2) is 9.01. The molecule has 0 N–H and O–H groups in total. The minimum Gasteiger partial charge on any atom is -0.484 e. The first-order chi connectivity index (χ1) is 13.4. The van der Waals surface area contributed by atoms with Gasteiger partial charge in [-0.05, 0) is 38.1 Å². The van der Waals surface area contributed by atoms with E-state index in [1.165, 1.54) is 4.90 Å². The molecule has 0 radical (unpaired) electrons. The molecule has 0 atom stereocenters. The third-order valence-electron chi connectivity index (χ3n) is 5.02. The number of likely N-dealkylation sites (N-methyl/N-ethyl adjacent to an activating group) is 1. The summed E-state index contributed by atoms with van der Waals surface area (Å²) in [6.45, 7) is 8.57. The maximum absolute atomic E-state index is 11.6. The van der Waals surface area contributed by atoms with Crippen LogP contribution in [0.25, 0.3) is 11.3 Å². The van der Waals surface area contributed by atoms with Crippen LogP contribution in [-0.2, 0) is 4.79 Å². The molecule has 1 amide bonds. The summed E-state index contributed by atoms with van der Waals surface area (Å²) in [7, 11) is 3.42. The van der Waals surface area contributed by atoms with Gasteiger partial charge in [0.05, 0.1) is 18.1 Å². The molecule has 2 aromatic rings. The highest BCUT2D eigenvalue weighted by Gasteiger charge is 2.19. The molecule has 0 aliphatic carbocycles. The third-order valence-corrected chi connectivity index (χ3v) is 5.02. The topological polar surface area (TPSA) is 61.8 Å². The zero-order valence-corrected chi connectivity index (χ0v) is 17.1. The molecule has 0 saturated carbocycles. The molecule has 3 rings (SSSR count). The molecule has 0 spiro atoms. The molecule has 1 aromatic heterocycles. The SMILES string of the molecule is CC(C)N1CCN(c2cnc(-c3ccc(OCC(=O)N(C)C)cc3)cn2)CC1. The number of rotatable bonds is 6. The van der Waals surface area contributed by atoms with Crippen LogP contribution in [0.4, 0.5) is 5.82 Å². The molecule has 150 valence electrons. The van der Waals surface area contributed by atoms with E-state index >= 15 is 0 Å². The van der Waals surface area contributed by atoms with Gasteiger partial charge in [0.2, 0.25) is 0 Å². The lowest BCUT2D eigenvalue weighted by atomic mass is 10.1. The highest BCUT2D eigenvalue weighted by molar-refractivity contribution is 5.77. The molecule has 1 saturated heterocycles. The Bertz CT molecular complexity index is 766. The molecule has 1 fully saturated rings. The Morgan fingerprint density at radius 2 is 1.75 bits per heavy atom. The lowest BCUT2D eigenvalue weighted by molar-refractivity contribution is -0.130. The fourth-order valence-electron chi connectivity index (χ4n) is 3.10. The van der Waals surface area contributed by atoms with E-state index in [1.807, 2.05) is 36.7 Å². The molecule has 7 heteroatoms. The molecule has 1 aliphatic rings. The van der Waals surface area contributed by atoms with E-state index in [1.54, 1.807) is 14.1 Å². The van der Waals surface area contributed by atoms with E-state index in [0.29, 0.717) is 11.8 Å². The quantitative estimate of drug-likeness (QED) is 0.762. The average Bonchev–Trinajstić information content (AvgIpc) is 2.72. The zero-order valence-electron chi connectivity index (χ0n) is 17.1. The summed E-state index contributed by atoms with van der Waals surface area (Å²) in [5.41, 5.74) is 1.79. The van der Waals surface area contributed by atoms with Gasteiger partial charge >= 0.3 is 0 Å². The average molecular weight is 383 g/mol. The number of benzene rings is 1. The number of hydrogen-bond donors (Lipinski definition) is 0. The Kier molecular flexibility index (Phi) is 6.46. The smallest absolute Gasteiger partial charge is 0.259 e. The maximum atomic E-state index is 11.6.